The van der Waals surface area contributed by atoms with E-state index in [-0.39, 0.29) is 25.2 Å². The average molecular weight is 848 g/mol. The van der Waals surface area contributed by atoms with Crippen LogP contribution >= 0.6 is 30.2 Å². The number of anilines is 2. The summed E-state index contributed by atoms with van der Waals surface area (Å²) in [4.78, 5) is 31.6. The van der Waals surface area contributed by atoms with Crippen LogP contribution in [0.15, 0.2) is 58.3 Å². The minimum atomic E-state index is -3.41. The van der Waals surface area contributed by atoms with Crippen LogP contribution in [0.4, 0.5) is 11.4 Å². The Bertz CT molecular complexity index is 1220. The normalized spacial score (nSPS) is 10.1. The van der Waals surface area contributed by atoms with E-state index in [1.165, 1.54) is 75.7 Å². The van der Waals surface area contributed by atoms with Crippen LogP contribution in [0, 0.1) is 0 Å². The minimum absolute atomic E-state index is 0. The molecule has 2 aromatic rings. The number of benzene rings is 2. The Morgan fingerprint density at radius 2 is 1.28 bits per heavy atom. The number of carboxylic acids is 1. The monoisotopic (exact) mass is 847 g/mol. The second-order valence-electron chi connectivity index (χ2n) is 6.90. The smallest absolute Gasteiger partial charge is 0 e. The van der Waals surface area contributed by atoms with Gasteiger partial charge in [-0.1, -0.05) is 0 Å². The summed E-state index contributed by atoms with van der Waals surface area (Å²) in [6.07, 6.45) is 0. The standard InChI is InChI=1S/C9H12N2O3S.C8H12N2O2S.C2H3ClO.C2H4O2.CH3I2.3H2/c1-7(12)11-8-3-5-9(6-4-8)15(13,14)10-2;1-10(2)13(11,12)8-5-3-7(9)4-6-8;2*1-2(3)4;1-3-2;;;/h3-6,10H,1-2H3,(H,11,12);3-6H,9H2,1-2H3;1H3;1H3,(H,3,4);1H3;3*1H/q;;;;-1;;;/i;;;;;3*1+2. The van der Waals surface area contributed by atoms with Gasteiger partial charge in [-0.2, -0.15) is 0 Å². The van der Waals surface area contributed by atoms with Crippen molar-refractivity contribution in [1.82, 2.24) is 9.03 Å². The number of nitrogens with zero attached hydrogens (tertiary/aromatic N) is 1. The largest absolute Gasteiger partial charge is 0 e. The number of nitrogen functional groups attached to an aromatic ring is 1. The molecule has 2 rings (SSSR count). The van der Waals surface area contributed by atoms with E-state index in [1.807, 2.05) is 0 Å². The molecule has 0 aromatic heterocycles. The molecule has 0 unspecified atom stereocenters. The molecular weight excluding hydrogens is 802 g/mol. The van der Waals surface area contributed by atoms with Crippen LogP contribution in [0.1, 0.15) is 25.1 Å². The molecular formula is C22H40ClI2N4O8S2-. The molecule has 0 aliphatic rings. The summed E-state index contributed by atoms with van der Waals surface area (Å²) in [7, 11) is -2.39. The number of aliphatic carboxylic acids is 1. The molecule has 39 heavy (non-hydrogen) atoms. The summed E-state index contributed by atoms with van der Waals surface area (Å²) in [5, 5.41) is 9.60. The van der Waals surface area contributed by atoms with Crippen molar-refractivity contribution in [3.63, 3.8) is 0 Å². The molecule has 0 radical (unpaired) electrons. The fourth-order valence-electron chi connectivity index (χ4n) is 1.89. The Labute approximate surface area is 260 Å². The fourth-order valence-corrected chi connectivity index (χ4v) is 3.52. The Morgan fingerprint density at radius 1 is 0.949 bits per heavy atom. The SMILES string of the molecule is CC(=O)Cl.CC(=O)O.CN(C)S(=O)(=O)c1ccc(N)cc1.CNS(=O)(=O)c1ccc(NC(C)=O)cc1.C[I-]I.[3HH].[3HH].[3HH]. The van der Waals surface area contributed by atoms with Gasteiger partial charge in [-0.3, -0.25) is 14.4 Å². The maximum absolute atomic E-state index is 11.5. The van der Waals surface area contributed by atoms with Crippen molar-refractivity contribution in [1.29, 1.82) is 0 Å². The molecule has 0 saturated carbocycles. The van der Waals surface area contributed by atoms with Gasteiger partial charge in [0.1, 0.15) is 0 Å². The molecule has 0 spiro atoms. The van der Waals surface area contributed by atoms with E-state index in [1.54, 1.807) is 12.1 Å². The molecule has 0 atom stereocenters. The topological polar surface area (TPSA) is 193 Å². The van der Waals surface area contributed by atoms with Crippen LogP contribution < -0.4 is 33.0 Å². The zero-order valence-corrected chi connectivity index (χ0v) is 29.1. The first-order valence-corrected chi connectivity index (χ1v) is 22.1. The number of rotatable bonds is 5. The summed E-state index contributed by atoms with van der Waals surface area (Å²) in [5.74, 6) is -1.03. The summed E-state index contributed by atoms with van der Waals surface area (Å²) < 4.78 is 49.1. The van der Waals surface area contributed by atoms with E-state index in [9.17, 15) is 26.4 Å². The molecule has 0 aliphatic carbocycles. The molecule has 17 heteroatoms. The van der Waals surface area contributed by atoms with Crippen LogP contribution in [0.2, 0.25) is 0 Å². The van der Waals surface area contributed by atoms with Crippen molar-refractivity contribution < 1.29 is 57.8 Å². The third kappa shape index (κ3) is 22.9. The number of nitrogens with one attached hydrogen (secondary N) is 2. The molecule has 2 aromatic carbocycles. The van der Waals surface area contributed by atoms with Crippen molar-refractivity contribution in [2.45, 2.75) is 30.6 Å². The van der Waals surface area contributed by atoms with E-state index in [0.29, 0.717) is 28.6 Å². The Morgan fingerprint density at radius 3 is 1.56 bits per heavy atom. The number of sulfonamides is 2. The molecule has 0 bridgehead atoms. The van der Waals surface area contributed by atoms with Gasteiger partial charge in [-0.15, -0.1) is 0 Å². The first-order chi connectivity index (χ1) is 17.8. The minimum Gasteiger partial charge on any atom is 0 e. The fraction of sp³-hybridized carbons (Fsp3) is 0.318. The number of hydrogen-bond donors (Lipinski definition) is 4. The quantitative estimate of drug-likeness (QED) is 0.145. The molecule has 12 nitrogen and oxygen atoms in total. The predicted octanol–water partition coefficient (Wildman–Crippen LogP) is 0.728. The number of carboxylic acid groups (broad SMARTS) is 1. The van der Waals surface area contributed by atoms with E-state index in [0.717, 1.165) is 6.92 Å². The maximum Gasteiger partial charge on any atom is 0 e. The zero-order chi connectivity index (χ0) is 31.4. The molecule has 5 N–H and O–H groups in total. The number of carbonyl (C=O) groups is 3. The van der Waals surface area contributed by atoms with Gasteiger partial charge < -0.3 is 16.2 Å². The Kier molecular flexibility index (Phi) is 23.8. The average Bonchev–Trinajstić information content (AvgIpc) is 2.79. The van der Waals surface area contributed by atoms with Crippen molar-refractivity contribution in [2.24, 2.45) is 0 Å². The van der Waals surface area contributed by atoms with Gasteiger partial charge in [0.2, 0.25) is 31.2 Å². The molecule has 230 valence electrons. The maximum atomic E-state index is 11.5. The van der Waals surface area contributed by atoms with Crippen molar-refractivity contribution in [3.05, 3.63) is 48.5 Å². The van der Waals surface area contributed by atoms with E-state index in [2.05, 4.69) is 45.2 Å². The van der Waals surface area contributed by atoms with Gasteiger partial charge in [0, 0.05) is 50.5 Å². The van der Waals surface area contributed by atoms with E-state index in [4.69, 9.17) is 15.6 Å². The van der Waals surface area contributed by atoms with Crippen molar-refractivity contribution in [2.75, 3.05) is 37.1 Å². The summed E-state index contributed by atoms with van der Waals surface area (Å²) in [6.45, 7) is 3.76. The van der Waals surface area contributed by atoms with Gasteiger partial charge in [0.05, 0.1) is 9.79 Å². The van der Waals surface area contributed by atoms with Gasteiger partial charge in [0.25, 0.3) is 5.97 Å². The number of nitrogens with two attached hydrogens (primary N) is 1. The van der Waals surface area contributed by atoms with Crippen LogP contribution in [0.5, 0.6) is 0 Å². The number of alkyl halides is 1. The van der Waals surface area contributed by atoms with Crippen molar-refractivity contribution >= 4 is 78.8 Å². The summed E-state index contributed by atoms with van der Waals surface area (Å²) in [5.41, 5.74) is 6.56. The second kappa shape index (κ2) is 22.1. The third-order valence-corrected chi connectivity index (χ3v) is 6.67. The van der Waals surface area contributed by atoms with Gasteiger partial charge in [-0.05, 0) is 67.2 Å². The number of halogens is 3. The first kappa shape index (κ1) is 41.9. The van der Waals surface area contributed by atoms with Crippen LogP contribution in [0.25, 0.3) is 0 Å². The molecule has 0 saturated heterocycles. The predicted molar refractivity (Wildman–Crippen MR) is 165 cm³/mol. The van der Waals surface area contributed by atoms with E-state index < -0.39 is 26.0 Å². The van der Waals surface area contributed by atoms with Crippen LogP contribution in [0.3, 0.4) is 0 Å². The second-order valence-corrected chi connectivity index (χ2v) is 17.8. The van der Waals surface area contributed by atoms with E-state index >= 15 is 0 Å². The van der Waals surface area contributed by atoms with Gasteiger partial charge in [-0.25, -0.2) is 25.9 Å². The number of carbonyl (C=O) groups excluding carboxylic acids is 2. The van der Waals surface area contributed by atoms with Gasteiger partial charge >= 0.3 is 40.8 Å². The number of hydrogen-bond acceptors (Lipinski definition) is 8. The Balaban J connectivity index is -0.000000109. The number of amides is 1. The summed E-state index contributed by atoms with van der Waals surface area (Å²) >= 11 is 7.59. The Hall–Kier alpha value is -1.58. The zero-order valence-electron chi connectivity index (χ0n) is 22.4. The first-order valence-electron chi connectivity index (χ1n) is 10.3. The molecule has 0 aliphatic heterocycles. The third-order valence-electron chi connectivity index (χ3n) is 3.41. The molecule has 0 fully saturated rings. The molecule has 1 amide bonds. The van der Waals surface area contributed by atoms with Crippen molar-refractivity contribution in [3.8, 4) is 0 Å². The summed E-state index contributed by atoms with van der Waals surface area (Å²) in [6, 6.07) is 12.0. The van der Waals surface area contributed by atoms with Crippen LogP contribution in [-0.4, -0.2) is 69.4 Å². The van der Waals surface area contributed by atoms with Gasteiger partial charge in [0.15, 0.2) is 0 Å². The van der Waals surface area contributed by atoms with Crippen LogP contribution in [-0.2, 0) is 34.4 Å². The molecule has 0 heterocycles.